The lowest BCUT2D eigenvalue weighted by Gasteiger charge is -2.02. The molecule has 1 aromatic carbocycles. The van der Waals surface area contributed by atoms with E-state index in [9.17, 15) is 9.59 Å². The summed E-state index contributed by atoms with van der Waals surface area (Å²) >= 11 is 1.36. The van der Waals surface area contributed by atoms with Crippen molar-refractivity contribution in [1.82, 2.24) is 4.98 Å². The smallest absolute Gasteiger partial charge is 0.374 e. The fourth-order valence-electron chi connectivity index (χ4n) is 2.02. The minimum atomic E-state index is -0.619. The molecule has 24 heavy (non-hydrogen) atoms. The second-order valence-electron chi connectivity index (χ2n) is 4.75. The minimum absolute atomic E-state index is 0.0218. The van der Waals surface area contributed by atoms with Gasteiger partial charge in [-0.3, -0.25) is 0 Å². The second kappa shape index (κ2) is 7.10. The molecule has 0 atom stereocenters. The standard InChI is InChI=1S/C17H13NO5S/c1-21-17(20)14-12(7-8-22-14)9-23-16(19)13-10-24-15(18-13)11-5-3-2-4-6-11/h2-8,10H,9H2,1H3. The number of carbonyl (C=O) groups is 2. The Kier molecular flexibility index (Phi) is 4.72. The quantitative estimate of drug-likeness (QED) is 0.659. The van der Waals surface area contributed by atoms with E-state index in [2.05, 4.69) is 9.72 Å². The number of rotatable bonds is 5. The molecule has 0 aliphatic carbocycles. The lowest BCUT2D eigenvalue weighted by molar-refractivity contribution is 0.0448. The van der Waals surface area contributed by atoms with Crippen molar-refractivity contribution in [2.24, 2.45) is 0 Å². The van der Waals surface area contributed by atoms with Crippen molar-refractivity contribution in [2.75, 3.05) is 7.11 Å². The highest BCUT2D eigenvalue weighted by Gasteiger charge is 2.19. The van der Waals surface area contributed by atoms with Gasteiger partial charge in [0.2, 0.25) is 5.76 Å². The Morgan fingerprint density at radius 3 is 2.71 bits per heavy atom. The molecule has 0 bridgehead atoms. The van der Waals surface area contributed by atoms with Crippen molar-refractivity contribution in [3.63, 3.8) is 0 Å². The number of esters is 2. The number of hydrogen-bond donors (Lipinski definition) is 0. The van der Waals surface area contributed by atoms with Crippen LogP contribution in [0, 0.1) is 0 Å². The largest absolute Gasteiger partial charge is 0.463 e. The van der Waals surface area contributed by atoms with Gasteiger partial charge >= 0.3 is 11.9 Å². The van der Waals surface area contributed by atoms with Gasteiger partial charge in [-0.15, -0.1) is 11.3 Å². The van der Waals surface area contributed by atoms with Gasteiger partial charge in [-0.1, -0.05) is 30.3 Å². The minimum Gasteiger partial charge on any atom is -0.463 e. The van der Waals surface area contributed by atoms with E-state index in [0.29, 0.717) is 5.56 Å². The molecule has 0 amide bonds. The maximum absolute atomic E-state index is 12.1. The highest BCUT2D eigenvalue weighted by Crippen LogP contribution is 2.24. The number of carbonyl (C=O) groups excluding carboxylic acids is 2. The average molecular weight is 343 g/mol. The molecule has 3 rings (SSSR count). The van der Waals surface area contributed by atoms with Gasteiger partial charge in [0, 0.05) is 16.5 Å². The van der Waals surface area contributed by atoms with E-state index in [-0.39, 0.29) is 18.1 Å². The van der Waals surface area contributed by atoms with Crippen LogP contribution in [0.2, 0.25) is 0 Å². The van der Waals surface area contributed by atoms with Crippen LogP contribution in [0.1, 0.15) is 26.6 Å². The maximum Gasteiger partial charge on any atom is 0.374 e. The molecule has 3 aromatic rings. The van der Waals surface area contributed by atoms with Crippen LogP contribution >= 0.6 is 11.3 Å². The lowest BCUT2D eigenvalue weighted by atomic mass is 10.2. The van der Waals surface area contributed by atoms with Crippen LogP contribution in [0.25, 0.3) is 10.6 Å². The molecular formula is C17H13NO5S. The van der Waals surface area contributed by atoms with Crippen LogP contribution in [0.3, 0.4) is 0 Å². The molecular weight excluding hydrogens is 330 g/mol. The monoisotopic (exact) mass is 343 g/mol. The summed E-state index contributed by atoms with van der Waals surface area (Å²) in [6.45, 7) is -0.0992. The van der Waals surface area contributed by atoms with E-state index >= 15 is 0 Å². The topological polar surface area (TPSA) is 78.6 Å². The predicted molar refractivity (Wildman–Crippen MR) is 86.7 cm³/mol. The highest BCUT2D eigenvalue weighted by atomic mass is 32.1. The summed E-state index contributed by atoms with van der Waals surface area (Å²) in [4.78, 5) is 27.9. The zero-order chi connectivity index (χ0) is 16.9. The second-order valence-corrected chi connectivity index (χ2v) is 5.60. The Labute approximate surface area is 141 Å². The molecule has 0 N–H and O–H groups in total. The Morgan fingerprint density at radius 1 is 1.17 bits per heavy atom. The van der Waals surface area contributed by atoms with Crippen molar-refractivity contribution in [1.29, 1.82) is 0 Å². The summed E-state index contributed by atoms with van der Waals surface area (Å²) in [5.74, 6) is -1.16. The summed E-state index contributed by atoms with van der Waals surface area (Å²) < 4.78 is 14.8. The predicted octanol–water partition coefficient (Wildman–Crippen LogP) is 3.55. The van der Waals surface area contributed by atoms with Gasteiger partial charge in [0.25, 0.3) is 0 Å². The van der Waals surface area contributed by atoms with E-state index in [1.165, 1.54) is 24.7 Å². The van der Waals surface area contributed by atoms with Crippen molar-refractivity contribution in [3.05, 3.63) is 65.1 Å². The molecule has 0 aliphatic heterocycles. The van der Waals surface area contributed by atoms with Crippen molar-refractivity contribution in [2.45, 2.75) is 6.61 Å². The first-order valence-electron chi connectivity index (χ1n) is 7.02. The molecule has 2 aromatic heterocycles. The third-order valence-corrected chi connectivity index (χ3v) is 4.10. The number of hydrogen-bond acceptors (Lipinski definition) is 7. The number of nitrogens with zero attached hydrogens (tertiary/aromatic N) is 1. The highest BCUT2D eigenvalue weighted by molar-refractivity contribution is 7.13. The Morgan fingerprint density at radius 2 is 1.96 bits per heavy atom. The van der Waals surface area contributed by atoms with E-state index in [1.807, 2.05) is 30.3 Å². The van der Waals surface area contributed by atoms with Crippen LogP contribution in [0.5, 0.6) is 0 Å². The Hall–Kier alpha value is -2.93. The van der Waals surface area contributed by atoms with Crippen LogP contribution in [-0.2, 0) is 16.1 Å². The molecule has 7 heteroatoms. The molecule has 0 saturated carbocycles. The fraction of sp³-hybridized carbons (Fsp3) is 0.118. The van der Waals surface area contributed by atoms with Crippen LogP contribution < -0.4 is 0 Å². The first kappa shape index (κ1) is 15.9. The number of furan rings is 1. The van der Waals surface area contributed by atoms with E-state index in [0.717, 1.165) is 10.6 Å². The van der Waals surface area contributed by atoms with Gasteiger partial charge in [-0.05, 0) is 6.07 Å². The van der Waals surface area contributed by atoms with Crippen molar-refractivity contribution >= 4 is 23.3 Å². The molecule has 0 aliphatic rings. The van der Waals surface area contributed by atoms with Gasteiger partial charge < -0.3 is 13.9 Å². The number of ether oxygens (including phenoxy) is 2. The van der Waals surface area contributed by atoms with E-state index in [1.54, 1.807) is 11.4 Å². The average Bonchev–Trinajstić information content (AvgIpc) is 3.29. The zero-order valence-electron chi connectivity index (χ0n) is 12.7. The van der Waals surface area contributed by atoms with Gasteiger partial charge in [-0.2, -0.15) is 0 Å². The molecule has 0 radical (unpaired) electrons. The molecule has 0 spiro atoms. The summed E-state index contributed by atoms with van der Waals surface area (Å²) in [6, 6.07) is 11.1. The lowest BCUT2D eigenvalue weighted by Crippen LogP contribution is -2.08. The van der Waals surface area contributed by atoms with Crippen molar-refractivity contribution in [3.8, 4) is 10.6 Å². The number of aromatic nitrogens is 1. The Balaban J connectivity index is 1.67. The van der Waals surface area contributed by atoms with Crippen LogP contribution in [0.4, 0.5) is 0 Å². The molecule has 0 unspecified atom stereocenters. The van der Waals surface area contributed by atoms with Gasteiger partial charge in [0.1, 0.15) is 11.6 Å². The Bertz CT molecular complexity index is 853. The van der Waals surface area contributed by atoms with E-state index in [4.69, 9.17) is 9.15 Å². The van der Waals surface area contributed by atoms with Crippen molar-refractivity contribution < 1.29 is 23.5 Å². The van der Waals surface area contributed by atoms with Crippen LogP contribution in [0.15, 0.2) is 52.5 Å². The maximum atomic E-state index is 12.1. The first-order chi connectivity index (χ1) is 11.7. The van der Waals surface area contributed by atoms with Gasteiger partial charge in [-0.25, -0.2) is 14.6 Å². The molecule has 122 valence electrons. The summed E-state index contributed by atoms with van der Waals surface area (Å²) in [5.41, 5.74) is 1.60. The van der Waals surface area contributed by atoms with Crippen LogP contribution in [-0.4, -0.2) is 24.0 Å². The zero-order valence-corrected chi connectivity index (χ0v) is 13.5. The van der Waals surface area contributed by atoms with E-state index < -0.39 is 11.9 Å². The molecule has 0 saturated heterocycles. The van der Waals surface area contributed by atoms with Gasteiger partial charge in [0.05, 0.1) is 13.4 Å². The summed E-state index contributed by atoms with van der Waals surface area (Å²) in [5, 5.41) is 2.38. The first-order valence-corrected chi connectivity index (χ1v) is 7.89. The number of benzene rings is 1. The summed E-state index contributed by atoms with van der Waals surface area (Å²) in [7, 11) is 1.25. The summed E-state index contributed by atoms with van der Waals surface area (Å²) in [6.07, 6.45) is 1.34. The normalized spacial score (nSPS) is 10.4. The molecule has 0 fully saturated rings. The number of methoxy groups -OCH3 is 1. The SMILES string of the molecule is COC(=O)c1occc1COC(=O)c1csc(-c2ccccc2)n1. The molecule has 2 heterocycles. The third-order valence-electron chi connectivity index (χ3n) is 3.21. The molecule has 6 nitrogen and oxygen atoms in total. The van der Waals surface area contributed by atoms with Gasteiger partial charge in [0.15, 0.2) is 5.69 Å². The fourth-order valence-corrected chi connectivity index (χ4v) is 2.81. The number of thiazole rings is 1. The third kappa shape index (κ3) is 3.36.